The van der Waals surface area contributed by atoms with E-state index in [0.717, 1.165) is 0 Å². The van der Waals surface area contributed by atoms with E-state index < -0.39 is 27.5 Å². The highest BCUT2D eigenvalue weighted by Gasteiger charge is 2.30. The Kier molecular flexibility index (Phi) is 4.20. The first-order valence-electron chi connectivity index (χ1n) is 6.07. The summed E-state index contributed by atoms with van der Waals surface area (Å²) in [5, 5.41) is 7.91. The maximum atomic E-state index is 12.6. The molecule has 0 heterocycles. The number of carboxylic acids is 1. The molecule has 20 heavy (non-hydrogen) atoms. The SMILES string of the molecule is O=C(O)CC(c1ccccc1)S(=O)(=O)c1ccccc1. The van der Waals surface area contributed by atoms with Gasteiger partial charge in [-0.2, -0.15) is 0 Å². The molecule has 0 spiro atoms. The van der Waals surface area contributed by atoms with Crippen molar-refractivity contribution in [3.63, 3.8) is 0 Å². The quantitative estimate of drug-likeness (QED) is 0.919. The average molecular weight is 290 g/mol. The van der Waals surface area contributed by atoms with Gasteiger partial charge in [0.2, 0.25) is 0 Å². The summed E-state index contributed by atoms with van der Waals surface area (Å²) in [5.41, 5.74) is 0.485. The van der Waals surface area contributed by atoms with E-state index >= 15 is 0 Å². The van der Waals surface area contributed by atoms with Crippen molar-refractivity contribution in [2.24, 2.45) is 0 Å². The number of hydrogen-bond donors (Lipinski definition) is 1. The summed E-state index contributed by atoms with van der Waals surface area (Å²) >= 11 is 0. The van der Waals surface area contributed by atoms with Gasteiger partial charge in [-0.3, -0.25) is 4.79 Å². The minimum Gasteiger partial charge on any atom is -0.481 e. The van der Waals surface area contributed by atoms with Gasteiger partial charge in [-0.05, 0) is 17.7 Å². The highest BCUT2D eigenvalue weighted by molar-refractivity contribution is 7.91. The van der Waals surface area contributed by atoms with Crippen LogP contribution in [0.1, 0.15) is 17.2 Å². The molecular weight excluding hydrogens is 276 g/mol. The lowest BCUT2D eigenvalue weighted by molar-refractivity contribution is -0.137. The van der Waals surface area contributed by atoms with Crippen molar-refractivity contribution < 1.29 is 18.3 Å². The highest BCUT2D eigenvalue weighted by atomic mass is 32.2. The van der Waals surface area contributed by atoms with Gasteiger partial charge in [0.05, 0.1) is 11.3 Å². The molecule has 2 rings (SSSR count). The highest BCUT2D eigenvalue weighted by Crippen LogP contribution is 2.31. The van der Waals surface area contributed by atoms with Gasteiger partial charge < -0.3 is 5.11 Å². The molecule has 1 unspecified atom stereocenters. The normalized spacial score (nSPS) is 12.8. The fraction of sp³-hybridized carbons (Fsp3) is 0.133. The molecular formula is C15H14O4S. The molecule has 0 fully saturated rings. The predicted molar refractivity (Wildman–Crippen MR) is 75.1 cm³/mol. The number of carbonyl (C=O) groups is 1. The van der Waals surface area contributed by atoms with Crippen LogP contribution >= 0.6 is 0 Å². The average Bonchev–Trinajstić information content (AvgIpc) is 2.46. The minimum absolute atomic E-state index is 0.134. The number of rotatable bonds is 5. The molecule has 4 nitrogen and oxygen atoms in total. The summed E-state index contributed by atoms with van der Waals surface area (Å²) in [5.74, 6) is -1.14. The van der Waals surface area contributed by atoms with E-state index in [1.807, 2.05) is 0 Å². The van der Waals surface area contributed by atoms with Gasteiger partial charge >= 0.3 is 5.97 Å². The van der Waals surface area contributed by atoms with Crippen molar-refractivity contribution in [2.75, 3.05) is 0 Å². The van der Waals surface area contributed by atoms with E-state index in [-0.39, 0.29) is 4.90 Å². The summed E-state index contributed by atoms with van der Waals surface area (Å²) in [6, 6.07) is 16.3. The van der Waals surface area contributed by atoms with Crippen LogP contribution in [-0.4, -0.2) is 19.5 Å². The summed E-state index contributed by atoms with van der Waals surface area (Å²) in [7, 11) is -3.73. The molecule has 0 aliphatic rings. The molecule has 0 aliphatic carbocycles. The molecule has 5 heteroatoms. The summed E-state index contributed by atoms with van der Waals surface area (Å²) in [6.45, 7) is 0. The van der Waals surface area contributed by atoms with Crippen LogP contribution in [0.4, 0.5) is 0 Å². The molecule has 0 bridgehead atoms. The maximum absolute atomic E-state index is 12.6. The number of carboxylic acid groups (broad SMARTS) is 1. The van der Waals surface area contributed by atoms with Gasteiger partial charge in [0.15, 0.2) is 9.84 Å². The van der Waals surface area contributed by atoms with Crippen molar-refractivity contribution in [3.8, 4) is 0 Å². The fourth-order valence-electron chi connectivity index (χ4n) is 2.01. The third-order valence-electron chi connectivity index (χ3n) is 2.98. The minimum atomic E-state index is -3.73. The topological polar surface area (TPSA) is 71.4 Å². The lowest BCUT2D eigenvalue weighted by Crippen LogP contribution is -2.17. The largest absolute Gasteiger partial charge is 0.481 e. The molecule has 1 atom stereocenters. The van der Waals surface area contributed by atoms with Crippen LogP contribution in [0.15, 0.2) is 65.6 Å². The molecule has 2 aromatic rings. The van der Waals surface area contributed by atoms with Gasteiger partial charge in [0.1, 0.15) is 5.25 Å². The van der Waals surface area contributed by atoms with Crippen molar-refractivity contribution in [1.29, 1.82) is 0 Å². The Morgan fingerprint density at radius 3 is 1.95 bits per heavy atom. The van der Waals surface area contributed by atoms with E-state index in [0.29, 0.717) is 5.56 Å². The smallest absolute Gasteiger partial charge is 0.305 e. The third-order valence-corrected chi connectivity index (χ3v) is 5.09. The Morgan fingerprint density at radius 1 is 0.950 bits per heavy atom. The first kappa shape index (κ1) is 14.3. The molecule has 0 radical (unpaired) electrons. The molecule has 1 N–H and O–H groups in total. The number of aliphatic carboxylic acids is 1. The van der Waals surface area contributed by atoms with Crippen LogP contribution in [-0.2, 0) is 14.6 Å². The van der Waals surface area contributed by atoms with Crippen LogP contribution in [0.2, 0.25) is 0 Å². The van der Waals surface area contributed by atoms with Crippen LogP contribution in [0, 0.1) is 0 Å². The summed E-state index contributed by atoms with van der Waals surface area (Å²) in [6.07, 6.45) is -0.457. The van der Waals surface area contributed by atoms with Crippen molar-refractivity contribution in [1.82, 2.24) is 0 Å². The van der Waals surface area contributed by atoms with Gasteiger partial charge in [-0.1, -0.05) is 48.5 Å². The lowest BCUT2D eigenvalue weighted by atomic mass is 10.1. The zero-order valence-corrected chi connectivity index (χ0v) is 11.5. The second-order valence-electron chi connectivity index (χ2n) is 4.36. The second kappa shape index (κ2) is 5.88. The Hall–Kier alpha value is -2.14. The van der Waals surface area contributed by atoms with E-state index in [9.17, 15) is 13.2 Å². The van der Waals surface area contributed by atoms with Crippen LogP contribution in [0.25, 0.3) is 0 Å². The molecule has 0 aliphatic heterocycles. The number of benzene rings is 2. The first-order chi connectivity index (χ1) is 9.51. The van der Waals surface area contributed by atoms with Gasteiger partial charge in [0, 0.05) is 0 Å². The monoisotopic (exact) mass is 290 g/mol. The molecule has 0 saturated carbocycles. The van der Waals surface area contributed by atoms with Gasteiger partial charge in [-0.25, -0.2) is 8.42 Å². The first-order valence-corrected chi connectivity index (χ1v) is 7.62. The standard InChI is InChI=1S/C15H14O4S/c16-15(17)11-14(12-7-3-1-4-8-12)20(18,19)13-9-5-2-6-10-13/h1-10,14H,11H2,(H,16,17). The van der Waals surface area contributed by atoms with Gasteiger partial charge in [0.25, 0.3) is 0 Å². The summed E-state index contributed by atoms with van der Waals surface area (Å²) in [4.78, 5) is 11.1. The van der Waals surface area contributed by atoms with Crippen LogP contribution < -0.4 is 0 Å². The van der Waals surface area contributed by atoms with E-state index in [1.54, 1.807) is 48.5 Å². The Labute approximate surface area is 117 Å². The zero-order chi connectivity index (χ0) is 14.6. The third kappa shape index (κ3) is 3.05. The molecule has 2 aromatic carbocycles. The van der Waals surface area contributed by atoms with Crippen LogP contribution in [0.3, 0.4) is 0 Å². The molecule has 0 amide bonds. The van der Waals surface area contributed by atoms with Crippen molar-refractivity contribution >= 4 is 15.8 Å². The second-order valence-corrected chi connectivity index (χ2v) is 6.49. The molecule has 0 aromatic heterocycles. The van der Waals surface area contributed by atoms with E-state index in [1.165, 1.54) is 12.1 Å². The molecule has 0 saturated heterocycles. The van der Waals surface area contributed by atoms with Crippen LogP contribution in [0.5, 0.6) is 0 Å². The zero-order valence-electron chi connectivity index (χ0n) is 10.6. The van der Waals surface area contributed by atoms with E-state index in [4.69, 9.17) is 5.11 Å². The number of sulfone groups is 1. The fourth-order valence-corrected chi connectivity index (χ4v) is 3.75. The Balaban J connectivity index is 2.49. The van der Waals surface area contributed by atoms with Crippen molar-refractivity contribution in [3.05, 3.63) is 66.2 Å². The van der Waals surface area contributed by atoms with Crippen molar-refractivity contribution in [2.45, 2.75) is 16.6 Å². The lowest BCUT2D eigenvalue weighted by Gasteiger charge is -2.16. The summed E-state index contributed by atoms with van der Waals surface area (Å²) < 4.78 is 25.2. The Morgan fingerprint density at radius 2 is 1.45 bits per heavy atom. The maximum Gasteiger partial charge on any atom is 0.305 e. The number of hydrogen-bond acceptors (Lipinski definition) is 3. The van der Waals surface area contributed by atoms with E-state index in [2.05, 4.69) is 0 Å². The predicted octanol–water partition coefficient (Wildman–Crippen LogP) is 2.68. The Bertz CT molecular complexity index is 678. The molecule has 104 valence electrons. The van der Waals surface area contributed by atoms with Gasteiger partial charge in [-0.15, -0.1) is 0 Å².